The lowest BCUT2D eigenvalue weighted by Crippen LogP contribution is -2.38. The van der Waals surface area contributed by atoms with Crippen LogP contribution < -0.4 is 10.6 Å². The molecule has 1 aromatic carbocycles. The minimum Gasteiger partial charge on any atom is -0.357 e. The number of nitrogens with zero attached hydrogens (tertiary/aromatic N) is 3. The Bertz CT molecular complexity index is 700. The van der Waals surface area contributed by atoms with Gasteiger partial charge in [-0.15, -0.1) is 0 Å². The number of halogens is 4. The van der Waals surface area contributed by atoms with Crippen molar-refractivity contribution in [3.8, 4) is 11.4 Å². The van der Waals surface area contributed by atoms with E-state index in [9.17, 15) is 13.2 Å². The minimum atomic E-state index is -4.22. The van der Waals surface area contributed by atoms with Crippen LogP contribution in [0.5, 0.6) is 0 Å². The van der Waals surface area contributed by atoms with Crippen LogP contribution in [0.4, 0.5) is 13.2 Å². The van der Waals surface area contributed by atoms with E-state index >= 15 is 0 Å². The van der Waals surface area contributed by atoms with Crippen LogP contribution in [0.25, 0.3) is 11.4 Å². The molecular formula is C15H17ClF3N5O. The molecule has 6 nitrogen and oxygen atoms in total. The van der Waals surface area contributed by atoms with E-state index in [0.717, 1.165) is 5.56 Å². The molecule has 2 N–H and O–H groups in total. The summed E-state index contributed by atoms with van der Waals surface area (Å²) in [7, 11) is 0. The lowest BCUT2D eigenvalue weighted by molar-refractivity contribution is -0.132. The molecule has 0 radical (unpaired) electrons. The van der Waals surface area contributed by atoms with Gasteiger partial charge in [0.2, 0.25) is 11.7 Å². The molecule has 1 heterocycles. The fourth-order valence-electron chi connectivity index (χ4n) is 1.85. The van der Waals surface area contributed by atoms with Gasteiger partial charge in [-0.25, -0.2) is 4.99 Å². The summed E-state index contributed by atoms with van der Waals surface area (Å²) < 4.78 is 41.7. The molecular weight excluding hydrogens is 359 g/mol. The first-order valence-corrected chi connectivity index (χ1v) is 7.92. The minimum absolute atomic E-state index is 0.0436. The average Bonchev–Trinajstić information content (AvgIpc) is 3.01. The standard InChI is InChI=1S/C15H17ClF3N5O/c1-2-20-14(21-8-7-15(17,18)19)22-9-12-23-13(24-25-12)10-3-5-11(16)6-4-10/h3-6H,2,7-9H2,1H3,(H2,20,21,22). The Morgan fingerprint density at radius 1 is 1.24 bits per heavy atom. The van der Waals surface area contributed by atoms with Crippen LogP contribution in [0, 0.1) is 0 Å². The number of aromatic nitrogens is 2. The zero-order valence-electron chi connectivity index (χ0n) is 13.4. The Hall–Kier alpha value is -2.29. The zero-order valence-corrected chi connectivity index (χ0v) is 14.2. The summed E-state index contributed by atoms with van der Waals surface area (Å²) in [5.41, 5.74) is 0.735. The molecule has 2 aromatic rings. The van der Waals surface area contributed by atoms with Crippen molar-refractivity contribution in [1.29, 1.82) is 0 Å². The molecule has 0 amide bonds. The van der Waals surface area contributed by atoms with Gasteiger partial charge in [-0.05, 0) is 31.2 Å². The van der Waals surface area contributed by atoms with Crippen LogP contribution in [0.1, 0.15) is 19.2 Å². The van der Waals surface area contributed by atoms with E-state index in [2.05, 4.69) is 25.8 Å². The number of guanidine groups is 1. The molecule has 0 bridgehead atoms. The number of hydrogen-bond donors (Lipinski definition) is 2. The zero-order chi connectivity index (χ0) is 18.3. The highest BCUT2D eigenvalue weighted by molar-refractivity contribution is 6.30. The number of rotatable bonds is 6. The van der Waals surface area contributed by atoms with Crippen LogP contribution in [-0.4, -0.2) is 35.4 Å². The lowest BCUT2D eigenvalue weighted by atomic mass is 10.2. The molecule has 136 valence electrons. The first-order chi connectivity index (χ1) is 11.9. The summed E-state index contributed by atoms with van der Waals surface area (Å²) in [6.07, 6.45) is -5.16. The van der Waals surface area contributed by atoms with E-state index in [4.69, 9.17) is 16.1 Å². The summed E-state index contributed by atoms with van der Waals surface area (Å²) in [5.74, 6) is 0.882. The Balaban J connectivity index is 1.96. The van der Waals surface area contributed by atoms with Crippen LogP contribution in [0.2, 0.25) is 5.02 Å². The summed E-state index contributed by atoms with van der Waals surface area (Å²) >= 11 is 5.82. The van der Waals surface area contributed by atoms with Crippen LogP contribution >= 0.6 is 11.6 Å². The number of aliphatic imine (C=N–C) groups is 1. The first-order valence-electron chi connectivity index (χ1n) is 7.55. The number of benzene rings is 1. The average molecular weight is 376 g/mol. The summed E-state index contributed by atoms with van der Waals surface area (Å²) in [6, 6.07) is 6.92. The fourth-order valence-corrected chi connectivity index (χ4v) is 1.97. The SMILES string of the molecule is CCNC(=NCc1nc(-c2ccc(Cl)cc2)no1)NCCC(F)(F)F. The molecule has 0 aliphatic rings. The van der Waals surface area contributed by atoms with Gasteiger partial charge in [0.05, 0.1) is 6.42 Å². The smallest absolute Gasteiger partial charge is 0.357 e. The van der Waals surface area contributed by atoms with Gasteiger partial charge >= 0.3 is 6.18 Å². The number of nitrogens with one attached hydrogen (secondary N) is 2. The van der Waals surface area contributed by atoms with E-state index < -0.39 is 12.6 Å². The second-order valence-electron chi connectivity index (χ2n) is 5.01. The molecule has 0 saturated heterocycles. The maximum absolute atomic E-state index is 12.2. The van der Waals surface area contributed by atoms with E-state index in [-0.39, 0.29) is 24.9 Å². The van der Waals surface area contributed by atoms with Gasteiger partial charge in [0.1, 0.15) is 6.54 Å². The van der Waals surface area contributed by atoms with Gasteiger partial charge in [0.25, 0.3) is 0 Å². The van der Waals surface area contributed by atoms with Gasteiger partial charge in [0, 0.05) is 23.7 Å². The van der Waals surface area contributed by atoms with Crippen molar-refractivity contribution in [1.82, 2.24) is 20.8 Å². The molecule has 0 aliphatic heterocycles. The van der Waals surface area contributed by atoms with E-state index in [1.54, 1.807) is 24.3 Å². The number of alkyl halides is 3. The monoisotopic (exact) mass is 375 g/mol. The quantitative estimate of drug-likeness (QED) is 0.598. The van der Waals surface area contributed by atoms with Crippen molar-refractivity contribution in [3.63, 3.8) is 0 Å². The maximum Gasteiger partial charge on any atom is 0.390 e. The molecule has 0 unspecified atom stereocenters. The Morgan fingerprint density at radius 3 is 2.60 bits per heavy atom. The summed E-state index contributed by atoms with van der Waals surface area (Å²) in [6.45, 7) is 2.10. The molecule has 0 saturated carbocycles. The molecule has 0 spiro atoms. The van der Waals surface area contributed by atoms with E-state index in [0.29, 0.717) is 17.4 Å². The molecule has 2 rings (SSSR count). The van der Waals surface area contributed by atoms with Crippen molar-refractivity contribution in [2.75, 3.05) is 13.1 Å². The lowest BCUT2D eigenvalue weighted by Gasteiger charge is -2.11. The van der Waals surface area contributed by atoms with Gasteiger partial charge in [-0.3, -0.25) is 0 Å². The second-order valence-corrected chi connectivity index (χ2v) is 5.44. The fraction of sp³-hybridized carbons (Fsp3) is 0.400. The van der Waals surface area contributed by atoms with E-state index in [1.165, 1.54) is 0 Å². The Morgan fingerprint density at radius 2 is 1.96 bits per heavy atom. The van der Waals surface area contributed by atoms with Crippen molar-refractivity contribution in [2.24, 2.45) is 4.99 Å². The topological polar surface area (TPSA) is 75.3 Å². The molecule has 0 atom stereocenters. The predicted molar refractivity (Wildman–Crippen MR) is 88.2 cm³/mol. The van der Waals surface area contributed by atoms with Crippen molar-refractivity contribution in [2.45, 2.75) is 26.1 Å². The highest BCUT2D eigenvalue weighted by Gasteiger charge is 2.26. The first kappa shape index (κ1) is 19.0. The molecule has 0 fully saturated rings. The van der Waals surface area contributed by atoms with Crippen molar-refractivity contribution < 1.29 is 17.7 Å². The van der Waals surface area contributed by atoms with Crippen LogP contribution in [0.3, 0.4) is 0 Å². The van der Waals surface area contributed by atoms with Gasteiger partial charge in [0.15, 0.2) is 5.96 Å². The highest BCUT2D eigenvalue weighted by Crippen LogP contribution is 2.19. The third-order valence-electron chi connectivity index (χ3n) is 2.99. The van der Waals surface area contributed by atoms with Crippen LogP contribution in [-0.2, 0) is 6.54 Å². The predicted octanol–water partition coefficient (Wildman–Crippen LogP) is 3.40. The molecule has 1 aromatic heterocycles. The molecule has 0 aliphatic carbocycles. The maximum atomic E-state index is 12.2. The van der Waals surface area contributed by atoms with E-state index in [1.807, 2.05) is 6.92 Å². The van der Waals surface area contributed by atoms with Gasteiger partial charge in [-0.1, -0.05) is 16.8 Å². The Labute approximate surface area is 147 Å². The highest BCUT2D eigenvalue weighted by atomic mass is 35.5. The van der Waals surface area contributed by atoms with Crippen molar-refractivity contribution in [3.05, 3.63) is 35.2 Å². The normalized spacial score (nSPS) is 12.3. The van der Waals surface area contributed by atoms with Crippen LogP contribution in [0.15, 0.2) is 33.8 Å². The molecule has 25 heavy (non-hydrogen) atoms. The second kappa shape index (κ2) is 8.70. The Kier molecular flexibility index (Phi) is 6.63. The van der Waals surface area contributed by atoms with Gasteiger partial charge < -0.3 is 15.2 Å². The number of hydrogen-bond acceptors (Lipinski definition) is 4. The third kappa shape index (κ3) is 6.61. The van der Waals surface area contributed by atoms with Crippen molar-refractivity contribution >= 4 is 17.6 Å². The van der Waals surface area contributed by atoms with Gasteiger partial charge in [-0.2, -0.15) is 18.2 Å². The molecule has 10 heteroatoms. The summed E-state index contributed by atoms with van der Waals surface area (Å²) in [4.78, 5) is 8.33. The largest absolute Gasteiger partial charge is 0.390 e. The third-order valence-corrected chi connectivity index (χ3v) is 3.24. The summed E-state index contributed by atoms with van der Waals surface area (Å²) in [5, 5.41) is 9.90.